The standard InChI is InChI=1S/C67H129NO8/c1-3-5-7-9-11-13-15-17-18-19-20-21-22-23-24-25-26-27-28-29-30-31-32-33-34-35-36-37-38-39-40-41-42-43-45-47-49-51-53-55-57-63(71)68-60(59-75-67-66(74)65(73)64(72)62(58-69)76-67)61(70)56-54-52-50-48-46-44-16-14-12-10-8-6-4-2/h46,48,54,56,60-62,64-67,69-70,72-74H,3-45,47,49-53,55,57-59H2,1-2H3,(H,68,71)/b48-46+,56-54+. The Bertz CT molecular complexity index is 1250. The summed E-state index contributed by atoms with van der Waals surface area (Å²) in [4.78, 5) is 13.1. The third-order valence-electron chi connectivity index (χ3n) is 16.3. The molecule has 450 valence electrons. The molecule has 9 heteroatoms. The van der Waals surface area contributed by atoms with Crippen LogP contribution in [-0.4, -0.2) is 87.5 Å². The number of carbonyl (C=O) groups is 1. The fourth-order valence-corrected chi connectivity index (χ4v) is 11.0. The van der Waals surface area contributed by atoms with Crippen LogP contribution in [0.25, 0.3) is 0 Å². The second kappa shape index (κ2) is 56.9. The number of aliphatic hydroxyl groups is 5. The Morgan fingerprint density at radius 3 is 1.11 bits per heavy atom. The van der Waals surface area contributed by atoms with E-state index in [9.17, 15) is 30.3 Å². The van der Waals surface area contributed by atoms with Crippen molar-refractivity contribution >= 4 is 5.91 Å². The van der Waals surface area contributed by atoms with Gasteiger partial charge in [0.25, 0.3) is 0 Å². The summed E-state index contributed by atoms with van der Waals surface area (Å²) in [6, 6.07) is -0.818. The molecule has 7 atom stereocenters. The molecule has 1 amide bonds. The van der Waals surface area contributed by atoms with Gasteiger partial charge in [-0.25, -0.2) is 0 Å². The minimum Gasteiger partial charge on any atom is -0.394 e. The van der Waals surface area contributed by atoms with Gasteiger partial charge in [0.05, 0.1) is 25.4 Å². The lowest BCUT2D eigenvalue weighted by molar-refractivity contribution is -0.302. The van der Waals surface area contributed by atoms with Crippen molar-refractivity contribution in [2.45, 2.75) is 384 Å². The summed E-state index contributed by atoms with van der Waals surface area (Å²) in [5.41, 5.74) is 0. The molecule has 1 heterocycles. The molecule has 1 aliphatic heterocycles. The molecule has 0 aromatic heterocycles. The van der Waals surface area contributed by atoms with Crippen molar-refractivity contribution in [3.63, 3.8) is 0 Å². The monoisotopic (exact) mass is 1080 g/mol. The Morgan fingerprint density at radius 1 is 0.434 bits per heavy atom. The summed E-state index contributed by atoms with van der Waals surface area (Å²) in [6.45, 7) is 3.78. The molecule has 0 saturated carbocycles. The Labute approximate surface area is 470 Å². The zero-order chi connectivity index (χ0) is 55.0. The van der Waals surface area contributed by atoms with Gasteiger partial charge in [0.1, 0.15) is 24.4 Å². The Balaban J connectivity index is 2.00. The van der Waals surface area contributed by atoms with E-state index in [1.807, 2.05) is 6.08 Å². The van der Waals surface area contributed by atoms with Crippen LogP contribution in [0.2, 0.25) is 0 Å². The number of amides is 1. The van der Waals surface area contributed by atoms with E-state index in [1.165, 1.54) is 283 Å². The SMILES string of the molecule is CCCCCCCCC/C=C/CC/C=C/C(O)C(COC1OC(CO)C(O)C(O)C1O)NC(=O)CCCCCCCCCCCCCCCCCCCCCCCCCCCCCCCCCCCCCCCCCC. The number of aliphatic hydroxyl groups excluding tert-OH is 5. The first-order valence-corrected chi connectivity index (χ1v) is 33.6. The predicted molar refractivity (Wildman–Crippen MR) is 323 cm³/mol. The molecule has 1 aliphatic rings. The molecule has 0 bridgehead atoms. The maximum absolute atomic E-state index is 13.1. The third-order valence-corrected chi connectivity index (χ3v) is 16.3. The smallest absolute Gasteiger partial charge is 0.220 e. The summed E-state index contributed by atoms with van der Waals surface area (Å²) in [6.07, 6.45) is 67.5. The average Bonchev–Trinajstić information content (AvgIpc) is 3.42. The van der Waals surface area contributed by atoms with Crippen LogP contribution in [0.5, 0.6) is 0 Å². The maximum Gasteiger partial charge on any atom is 0.220 e. The van der Waals surface area contributed by atoms with Gasteiger partial charge < -0.3 is 40.3 Å². The molecule has 0 radical (unpaired) electrons. The van der Waals surface area contributed by atoms with E-state index in [0.717, 1.165) is 38.5 Å². The van der Waals surface area contributed by atoms with Gasteiger partial charge in [0.2, 0.25) is 5.91 Å². The summed E-state index contributed by atoms with van der Waals surface area (Å²) >= 11 is 0. The molecule has 0 aromatic carbocycles. The largest absolute Gasteiger partial charge is 0.394 e. The minimum atomic E-state index is -1.57. The van der Waals surface area contributed by atoms with Crippen LogP contribution in [0.1, 0.15) is 341 Å². The minimum absolute atomic E-state index is 0.181. The van der Waals surface area contributed by atoms with E-state index in [4.69, 9.17) is 9.47 Å². The quantitative estimate of drug-likeness (QED) is 0.0261. The second-order valence-corrected chi connectivity index (χ2v) is 23.6. The first-order valence-electron chi connectivity index (χ1n) is 33.6. The molecular weight excluding hydrogens is 947 g/mol. The highest BCUT2D eigenvalue weighted by molar-refractivity contribution is 5.76. The molecule has 1 saturated heterocycles. The van der Waals surface area contributed by atoms with Gasteiger partial charge in [0.15, 0.2) is 6.29 Å². The Kier molecular flexibility index (Phi) is 54.4. The zero-order valence-corrected chi connectivity index (χ0v) is 50.3. The van der Waals surface area contributed by atoms with Crippen LogP contribution in [0.4, 0.5) is 0 Å². The lowest BCUT2D eigenvalue weighted by Gasteiger charge is -2.40. The summed E-state index contributed by atoms with van der Waals surface area (Å²) in [5, 5.41) is 54.4. The van der Waals surface area contributed by atoms with Gasteiger partial charge in [-0.05, 0) is 32.1 Å². The lowest BCUT2D eigenvalue weighted by Crippen LogP contribution is -2.60. The molecule has 1 fully saturated rings. The van der Waals surface area contributed by atoms with E-state index in [1.54, 1.807) is 6.08 Å². The van der Waals surface area contributed by atoms with Crippen molar-refractivity contribution in [3.8, 4) is 0 Å². The molecule has 0 aliphatic carbocycles. The number of rotatable bonds is 59. The molecule has 76 heavy (non-hydrogen) atoms. The predicted octanol–water partition coefficient (Wildman–Crippen LogP) is 17.7. The van der Waals surface area contributed by atoms with Crippen LogP contribution in [0, 0.1) is 0 Å². The van der Waals surface area contributed by atoms with Crippen molar-refractivity contribution in [1.29, 1.82) is 0 Å². The molecular formula is C67H129NO8. The Hall–Kier alpha value is -1.33. The van der Waals surface area contributed by atoms with E-state index in [2.05, 4.69) is 31.3 Å². The van der Waals surface area contributed by atoms with E-state index in [-0.39, 0.29) is 12.5 Å². The van der Waals surface area contributed by atoms with E-state index < -0.39 is 49.5 Å². The van der Waals surface area contributed by atoms with Gasteiger partial charge in [0, 0.05) is 6.42 Å². The summed E-state index contributed by atoms with van der Waals surface area (Å²) in [7, 11) is 0. The number of ether oxygens (including phenoxy) is 2. The number of allylic oxidation sites excluding steroid dienone is 3. The molecule has 9 nitrogen and oxygen atoms in total. The van der Waals surface area contributed by atoms with Gasteiger partial charge >= 0.3 is 0 Å². The molecule has 0 spiro atoms. The molecule has 0 aromatic rings. The normalized spacial score (nSPS) is 18.9. The summed E-state index contributed by atoms with van der Waals surface area (Å²) < 4.78 is 11.3. The van der Waals surface area contributed by atoms with Crippen molar-refractivity contribution in [2.75, 3.05) is 13.2 Å². The van der Waals surface area contributed by atoms with Crippen molar-refractivity contribution < 1.29 is 39.8 Å². The van der Waals surface area contributed by atoms with Crippen LogP contribution < -0.4 is 5.32 Å². The van der Waals surface area contributed by atoms with Crippen molar-refractivity contribution in [1.82, 2.24) is 5.32 Å². The van der Waals surface area contributed by atoms with Gasteiger partial charge in [-0.1, -0.05) is 327 Å². The number of nitrogens with one attached hydrogen (secondary N) is 1. The number of hydrogen-bond acceptors (Lipinski definition) is 8. The number of carbonyl (C=O) groups excluding carboxylic acids is 1. The van der Waals surface area contributed by atoms with Crippen LogP contribution in [0.3, 0.4) is 0 Å². The molecule has 1 rings (SSSR count). The summed E-state index contributed by atoms with van der Waals surface area (Å²) in [5.74, 6) is -0.181. The second-order valence-electron chi connectivity index (χ2n) is 23.6. The third kappa shape index (κ3) is 45.4. The maximum atomic E-state index is 13.1. The highest BCUT2D eigenvalue weighted by atomic mass is 16.7. The lowest BCUT2D eigenvalue weighted by atomic mass is 9.99. The van der Waals surface area contributed by atoms with Gasteiger partial charge in [-0.2, -0.15) is 0 Å². The topological polar surface area (TPSA) is 149 Å². The molecule has 6 N–H and O–H groups in total. The average molecular weight is 1080 g/mol. The van der Waals surface area contributed by atoms with Crippen molar-refractivity contribution in [2.24, 2.45) is 0 Å². The van der Waals surface area contributed by atoms with E-state index >= 15 is 0 Å². The first-order chi connectivity index (χ1) is 37.3. The Morgan fingerprint density at radius 2 is 0.750 bits per heavy atom. The van der Waals surface area contributed by atoms with E-state index in [0.29, 0.717) is 6.42 Å². The fraction of sp³-hybridized carbons (Fsp3) is 0.925. The van der Waals surface area contributed by atoms with Crippen LogP contribution in [0.15, 0.2) is 24.3 Å². The number of hydrogen-bond donors (Lipinski definition) is 6. The fourth-order valence-electron chi connectivity index (χ4n) is 11.0. The number of unbranched alkanes of at least 4 members (excludes halogenated alkanes) is 47. The highest BCUT2D eigenvalue weighted by Gasteiger charge is 2.44. The molecule has 7 unspecified atom stereocenters. The van der Waals surface area contributed by atoms with Crippen LogP contribution in [-0.2, 0) is 14.3 Å². The van der Waals surface area contributed by atoms with Crippen LogP contribution >= 0.6 is 0 Å². The zero-order valence-electron chi connectivity index (χ0n) is 50.3. The highest BCUT2D eigenvalue weighted by Crippen LogP contribution is 2.23. The van der Waals surface area contributed by atoms with Gasteiger partial charge in [-0.15, -0.1) is 0 Å². The van der Waals surface area contributed by atoms with Crippen molar-refractivity contribution in [3.05, 3.63) is 24.3 Å². The first kappa shape index (κ1) is 72.7. The van der Waals surface area contributed by atoms with Gasteiger partial charge in [-0.3, -0.25) is 4.79 Å².